The quantitative estimate of drug-likeness (QED) is 0.749. The molecule has 1 heterocycles. The molecule has 5 nitrogen and oxygen atoms in total. The SMILES string of the molecule is CCC(C)NC(=O)CCNC1C(=O)Nc2ccc(C)cc21. The molecule has 1 aromatic carbocycles. The van der Waals surface area contributed by atoms with Gasteiger partial charge < -0.3 is 16.0 Å². The van der Waals surface area contributed by atoms with Crippen LogP contribution in [0.1, 0.15) is 43.9 Å². The van der Waals surface area contributed by atoms with E-state index in [0.717, 1.165) is 23.2 Å². The Labute approximate surface area is 125 Å². The van der Waals surface area contributed by atoms with E-state index in [-0.39, 0.29) is 23.9 Å². The Morgan fingerprint density at radius 2 is 2.19 bits per heavy atom. The van der Waals surface area contributed by atoms with E-state index in [1.54, 1.807) is 0 Å². The van der Waals surface area contributed by atoms with E-state index >= 15 is 0 Å². The summed E-state index contributed by atoms with van der Waals surface area (Å²) in [6, 6.07) is 5.72. The summed E-state index contributed by atoms with van der Waals surface area (Å²) in [5.41, 5.74) is 2.93. The Bertz CT molecular complexity index is 542. The number of rotatable bonds is 6. The average Bonchev–Trinajstić information content (AvgIpc) is 2.74. The van der Waals surface area contributed by atoms with Gasteiger partial charge in [0, 0.05) is 30.3 Å². The van der Waals surface area contributed by atoms with Gasteiger partial charge in [-0.25, -0.2) is 0 Å². The third-order valence-corrected chi connectivity index (χ3v) is 3.76. The van der Waals surface area contributed by atoms with Gasteiger partial charge in [-0.3, -0.25) is 9.59 Å². The second-order valence-electron chi connectivity index (χ2n) is 5.59. The number of anilines is 1. The molecule has 1 aliphatic heterocycles. The zero-order valence-corrected chi connectivity index (χ0v) is 12.8. The molecule has 2 amide bonds. The summed E-state index contributed by atoms with van der Waals surface area (Å²) >= 11 is 0. The Balaban J connectivity index is 1.88. The first-order chi connectivity index (χ1) is 10.0. The van der Waals surface area contributed by atoms with E-state index in [2.05, 4.69) is 16.0 Å². The van der Waals surface area contributed by atoms with Crippen molar-refractivity contribution in [1.29, 1.82) is 0 Å². The lowest BCUT2D eigenvalue weighted by molar-refractivity contribution is -0.122. The zero-order chi connectivity index (χ0) is 15.4. The van der Waals surface area contributed by atoms with Crippen molar-refractivity contribution in [2.75, 3.05) is 11.9 Å². The number of nitrogens with one attached hydrogen (secondary N) is 3. The van der Waals surface area contributed by atoms with Crippen LogP contribution < -0.4 is 16.0 Å². The maximum atomic E-state index is 12.0. The van der Waals surface area contributed by atoms with Crippen LogP contribution in [0.4, 0.5) is 5.69 Å². The summed E-state index contributed by atoms with van der Waals surface area (Å²) in [5, 5.41) is 8.93. The summed E-state index contributed by atoms with van der Waals surface area (Å²) < 4.78 is 0. The molecule has 2 rings (SSSR count). The fourth-order valence-corrected chi connectivity index (χ4v) is 2.36. The maximum Gasteiger partial charge on any atom is 0.246 e. The molecule has 21 heavy (non-hydrogen) atoms. The highest BCUT2D eigenvalue weighted by atomic mass is 16.2. The van der Waals surface area contributed by atoms with Gasteiger partial charge in [-0.1, -0.05) is 24.6 Å². The molecule has 0 fully saturated rings. The van der Waals surface area contributed by atoms with Crippen LogP contribution in [-0.2, 0) is 9.59 Å². The van der Waals surface area contributed by atoms with Crippen molar-refractivity contribution in [1.82, 2.24) is 10.6 Å². The average molecular weight is 289 g/mol. The van der Waals surface area contributed by atoms with E-state index in [1.807, 2.05) is 39.0 Å². The third kappa shape index (κ3) is 3.82. The van der Waals surface area contributed by atoms with Crippen molar-refractivity contribution in [2.24, 2.45) is 0 Å². The lowest BCUT2D eigenvalue weighted by Gasteiger charge is -2.14. The second-order valence-corrected chi connectivity index (χ2v) is 5.59. The minimum absolute atomic E-state index is 0.0136. The van der Waals surface area contributed by atoms with Crippen LogP contribution in [0.3, 0.4) is 0 Å². The summed E-state index contributed by atoms with van der Waals surface area (Å²) in [6.45, 7) is 6.49. The molecular formula is C16H23N3O2. The van der Waals surface area contributed by atoms with Gasteiger partial charge in [0.05, 0.1) is 0 Å². The van der Waals surface area contributed by atoms with Crippen LogP contribution in [0.15, 0.2) is 18.2 Å². The van der Waals surface area contributed by atoms with Gasteiger partial charge in [0.25, 0.3) is 0 Å². The normalized spacial score (nSPS) is 18.0. The van der Waals surface area contributed by atoms with Crippen molar-refractivity contribution >= 4 is 17.5 Å². The van der Waals surface area contributed by atoms with Crippen LogP contribution >= 0.6 is 0 Å². The predicted molar refractivity (Wildman–Crippen MR) is 83.1 cm³/mol. The van der Waals surface area contributed by atoms with Gasteiger partial charge in [-0.05, 0) is 26.3 Å². The Morgan fingerprint density at radius 3 is 2.90 bits per heavy atom. The number of fused-ring (bicyclic) bond motifs is 1. The largest absolute Gasteiger partial charge is 0.354 e. The second kappa shape index (κ2) is 6.72. The molecule has 0 spiro atoms. The van der Waals surface area contributed by atoms with Crippen LogP contribution in [-0.4, -0.2) is 24.4 Å². The number of carbonyl (C=O) groups is 2. The minimum atomic E-state index is -0.365. The summed E-state index contributed by atoms with van der Waals surface area (Å²) in [7, 11) is 0. The van der Waals surface area contributed by atoms with Gasteiger partial charge in [-0.15, -0.1) is 0 Å². The first-order valence-electron chi connectivity index (χ1n) is 7.45. The van der Waals surface area contributed by atoms with Crippen molar-refractivity contribution in [2.45, 2.75) is 45.7 Å². The van der Waals surface area contributed by atoms with Gasteiger partial charge in [0.2, 0.25) is 11.8 Å². The van der Waals surface area contributed by atoms with Crippen LogP contribution in [0.25, 0.3) is 0 Å². The molecule has 2 atom stereocenters. The molecule has 3 N–H and O–H groups in total. The number of carbonyl (C=O) groups excluding carboxylic acids is 2. The molecule has 0 aromatic heterocycles. The van der Waals surface area contributed by atoms with E-state index in [1.165, 1.54) is 0 Å². The summed E-state index contributed by atoms with van der Waals surface area (Å²) in [6.07, 6.45) is 1.28. The Kier molecular flexibility index (Phi) is 4.96. The van der Waals surface area contributed by atoms with Gasteiger partial charge in [0.15, 0.2) is 0 Å². The van der Waals surface area contributed by atoms with Crippen molar-refractivity contribution in [3.63, 3.8) is 0 Å². The lowest BCUT2D eigenvalue weighted by atomic mass is 10.1. The van der Waals surface area contributed by atoms with E-state index in [4.69, 9.17) is 0 Å². The molecule has 114 valence electrons. The molecule has 5 heteroatoms. The van der Waals surface area contributed by atoms with E-state index in [0.29, 0.717) is 13.0 Å². The molecule has 0 aliphatic carbocycles. The molecule has 2 unspecified atom stereocenters. The fraction of sp³-hybridized carbons (Fsp3) is 0.500. The number of amides is 2. The molecule has 1 aliphatic rings. The summed E-state index contributed by atoms with van der Waals surface area (Å²) in [4.78, 5) is 23.7. The first kappa shape index (κ1) is 15.5. The highest BCUT2D eigenvalue weighted by Crippen LogP contribution is 2.31. The van der Waals surface area contributed by atoms with Gasteiger partial charge in [0.1, 0.15) is 6.04 Å². The monoisotopic (exact) mass is 289 g/mol. The first-order valence-corrected chi connectivity index (χ1v) is 7.45. The minimum Gasteiger partial charge on any atom is -0.354 e. The molecule has 0 bridgehead atoms. The van der Waals surface area contributed by atoms with E-state index in [9.17, 15) is 9.59 Å². The maximum absolute atomic E-state index is 12.0. The van der Waals surface area contributed by atoms with Gasteiger partial charge >= 0.3 is 0 Å². The molecule has 0 saturated heterocycles. The third-order valence-electron chi connectivity index (χ3n) is 3.76. The number of benzene rings is 1. The van der Waals surface area contributed by atoms with Crippen LogP contribution in [0, 0.1) is 6.92 Å². The molecule has 0 saturated carbocycles. The fourth-order valence-electron chi connectivity index (χ4n) is 2.36. The number of hydrogen-bond acceptors (Lipinski definition) is 3. The highest BCUT2D eigenvalue weighted by Gasteiger charge is 2.29. The topological polar surface area (TPSA) is 70.2 Å². The smallest absolute Gasteiger partial charge is 0.246 e. The highest BCUT2D eigenvalue weighted by molar-refractivity contribution is 6.02. The van der Waals surface area contributed by atoms with Gasteiger partial charge in [-0.2, -0.15) is 0 Å². The molecule has 0 radical (unpaired) electrons. The lowest BCUT2D eigenvalue weighted by Crippen LogP contribution is -2.35. The van der Waals surface area contributed by atoms with E-state index < -0.39 is 0 Å². The standard InChI is InChI=1S/C16H23N3O2/c1-4-11(3)18-14(20)7-8-17-15-12-9-10(2)5-6-13(12)19-16(15)21/h5-6,9,11,15,17H,4,7-8H2,1-3H3,(H,18,20)(H,19,21). The molecular weight excluding hydrogens is 266 g/mol. The Morgan fingerprint density at radius 1 is 1.43 bits per heavy atom. The van der Waals surface area contributed by atoms with Crippen molar-refractivity contribution < 1.29 is 9.59 Å². The number of hydrogen-bond donors (Lipinski definition) is 3. The Hall–Kier alpha value is -1.88. The zero-order valence-electron chi connectivity index (χ0n) is 12.8. The predicted octanol–water partition coefficient (Wildman–Crippen LogP) is 1.88. The van der Waals surface area contributed by atoms with Crippen LogP contribution in [0.2, 0.25) is 0 Å². The number of aryl methyl sites for hydroxylation is 1. The molecule has 1 aromatic rings. The summed E-state index contributed by atoms with van der Waals surface area (Å²) in [5.74, 6) is -0.0438. The van der Waals surface area contributed by atoms with Crippen molar-refractivity contribution in [3.8, 4) is 0 Å². The van der Waals surface area contributed by atoms with Crippen molar-refractivity contribution in [3.05, 3.63) is 29.3 Å². The van der Waals surface area contributed by atoms with Crippen LogP contribution in [0.5, 0.6) is 0 Å².